The molecule has 1 aromatic rings. The van der Waals surface area contributed by atoms with Gasteiger partial charge < -0.3 is 4.74 Å². The van der Waals surface area contributed by atoms with Crippen LogP contribution < -0.4 is 0 Å². The summed E-state index contributed by atoms with van der Waals surface area (Å²) in [4.78, 5) is 12.9. The number of ether oxygens (including phenoxy) is 1. The molecular weight excluding hydrogens is 255 g/mol. The van der Waals surface area contributed by atoms with Crippen molar-refractivity contribution in [3.05, 3.63) is 35.1 Å². The third-order valence-corrected chi connectivity index (χ3v) is 4.19. The lowest BCUT2D eigenvalue weighted by molar-refractivity contribution is -0.0293. The van der Waals surface area contributed by atoms with Gasteiger partial charge in [0.25, 0.3) is 0 Å². The van der Waals surface area contributed by atoms with Crippen molar-refractivity contribution in [2.24, 2.45) is 0 Å². The highest BCUT2D eigenvalue weighted by molar-refractivity contribution is 6.03. The minimum Gasteiger partial charge on any atom is -0.367 e. The molecule has 0 radical (unpaired) electrons. The maximum Gasteiger partial charge on any atom is 0.194 e. The van der Waals surface area contributed by atoms with Gasteiger partial charge in [0, 0.05) is 12.2 Å². The Labute approximate surface area is 120 Å². The highest BCUT2D eigenvalue weighted by atomic mass is 19.1. The van der Waals surface area contributed by atoms with Crippen molar-refractivity contribution in [2.45, 2.75) is 58.0 Å². The highest BCUT2D eigenvalue weighted by Crippen LogP contribution is 2.34. The van der Waals surface area contributed by atoms with Crippen molar-refractivity contribution in [1.82, 2.24) is 0 Å². The van der Waals surface area contributed by atoms with E-state index in [0.29, 0.717) is 12.2 Å². The van der Waals surface area contributed by atoms with Gasteiger partial charge in [0.1, 0.15) is 11.4 Å². The normalized spacial score (nSPS) is 18.6. The number of carbonyl (C=O) groups excluding carboxylic acids is 1. The Morgan fingerprint density at radius 3 is 2.50 bits per heavy atom. The van der Waals surface area contributed by atoms with Crippen molar-refractivity contribution < 1.29 is 13.9 Å². The zero-order valence-corrected chi connectivity index (χ0v) is 12.4. The standard InChI is InChI=1S/C17H23FO2/c1-3-20-17(10-6-4-5-7-11-17)16(19)15-12-14(18)9-8-13(15)2/h8-9,12H,3-7,10-11H2,1-2H3. The first-order chi connectivity index (χ1) is 9.59. The molecule has 0 amide bonds. The Kier molecular flexibility index (Phi) is 4.92. The highest BCUT2D eigenvalue weighted by Gasteiger charge is 2.40. The fourth-order valence-corrected chi connectivity index (χ4v) is 3.10. The van der Waals surface area contributed by atoms with E-state index in [1.54, 1.807) is 6.07 Å². The molecule has 0 aromatic heterocycles. The van der Waals surface area contributed by atoms with Crippen LogP contribution in [0.4, 0.5) is 4.39 Å². The van der Waals surface area contributed by atoms with E-state index in [2.05, 4.69) is 0 Å². The fourth-order valence-electron chi connectivity index (χ4n) is 3.10. The van der Waals surface area contributed by atoms with E-state index in [0.717, 1.165) is 44.1 Å². The molecule has 1 aliphatic rings. The number of Topliss-reactive ketones (excluding diaryl/α,β-unsaturated/α-hetero) is 1. The van der Waals surface area contributed by atoms with Crippen molar-refractivity contribution in [1.29, 1.82) is 0 Å². The smallest absolute Gasteiger partial charge is 0.194 e. The number of carbonyl (C=O) groups is 1. The van der Waals surface area contributed by atoms with Crippen molar-refractivity contribution in [2.75, 3.05) is 6.61 Å². The van der Waals surface area contributed by atoms with Gasteiger partial charge in [-0.1, -0.05) is 31.7 Å². The third-order valence-electron chi connectivity index (χ3n) is 4.19. The van der Waals surface area contributed by atoms with Crippen molar-refractivity contribution >= 4 is 5.78 Å². The molecule has 0 aliphatic heterocycles. The van der Waals surface area contributed by atoms with Crippen LogP contribution >= 0.6 is 0 Å². The second-order valence-corrected chi connectivity index (χ2v) is 5.63. The first-order valence-corrected chi connectivity index (χ1v) is 7.54. The van der Waals surface area contributed by atoms with Crippen LogP contribution in [0.15, 0.2) is 18.2 Å². The molecular formula is C17H23FO2. The van der Waals surface area contributed by atoms with Gasteiger partial charge in [-0.15, -0.1) is 0 Å². The first-order valence-electron chi connectivity index (χ1n) is 7.54. The predicted molar refractivity (Wildman–Crippen MR) is 77.5 cm³/mol. The van der Waals surface area contributed by atoms with E-state index in [-0.39, 0.29) is 11.6 Å². The Balaban J connectivity index is 2.37. The summed E-state index contributed by atoms with van der Waals surface area (Å²) in [6.07, 6.45) is 5.78. The maximum absolute atomic E-state index is 13.5. The molecule has 2 rings (SSSR count). The summed E-state index contributed by atoms with van der Waals surface area (Å²) >= 11 is 0. The van der Waals surface area contributed by atoms with Gasteiger partial charge in [-0.3, -0.25) is 4.79 Å². The molecule has 0 saturated heterocycles. The lowest BCUT2D eigenvalue weighted by Crippen LogP contribution is -2.41. The van der Waals surface area contributed by atoms with Gasteiger partial charge in [0.05, 0.1) is 0 Å². The van der Waals surface area contributed by atoms with Crippen LogP contribution in [0.25, 0.3) is 0 Å². The van der Waals surface area contributed by atoms with Gasteiger partial charge in [-0.25, -0.2) is 4.39 Å². The molecule has 1 aliphatic carbocycles. The van der Waals surface area contributed by atoms with Crippen LogP contribution in [0.5, 0.6) is 0 Å². The van der Waals surface area contributed by atoms with Crippen LogP contribution in [-0.4, -0.2) is 18.0 Å². The summed E-state index contributed by atoms with van der Waals surface area (Å²) in [7, 11) is 0. The predicted octanol–water partition coefficient (Wildman–Crippen LogP) is 4.45. The van der Waals surface area contributed by atoms with Crippen molar-refractivity contribution in [3.8, 4) is 0 Å². The van der Waals surface area contributed by atoms with E-state index in [4.69, 9.17) is 4.74 Å². The summed E-state index contributed by atoms with van der Waals surface area (Å²) < 4.78 is 19.4. The minimum atomic E-state index is -0.746. The van der Waals surface area contributed by atoms with Gasteiger partial charge in [-0.05, 0) is 44.4 Å². The Bertz CT molecular complexity index is 474. The van der Waals surface area contributed by atoms with E-state index in [1.807, 2.05) is 13.8 Å². The Morgan fingerprint density at radius 1 is 1.25 bits per heavy atom. The van der Waals surface area contributed by atoms with Gasteiger partial charge in [0.15, 0.2) is 5.78 Å². The number of hydrogen-bond donors (Lipinski definition) is 0. The second-order valence-electron chi connectivity index (χ2n) is 5.63. The molecule has 3 heteroatoms. The van der Waals surface area contributed by atoms with E-state index < -0.39 is 5.60 Å². The number of aryl methyl sites for hydroxylation is 1. The van der Waals surface area contributed by atoms with E-state index in [9.17, 15) is 9.18 Å². The molecule has 2 nitrogen and oxygen atoms in total. The van der Waals surface area contributed by atoms with Gasteiger partial charge in [0.2, 0.25) is 0 Å². The molecule has 110 valence electrons. The minimum absolute atomic E-state index is 0.0433. The SMILES string of the molecule is CCOC1(C(=O)c2cc(F)ccc2C)CCCCCC1. The quantitative estimate of drug-likeness (QED) is 0.601. The Hall–Kier alpha value is -1.22. The maximum atomic E-state index is 13.5. The molecule has 20 heavy (non-hydrogen) atoms. The lowest BCUT2D eigenvalue weighted by Gasteiger charge is -2.31. The first kappa shape index (κ1) is 15.2. The number of hydrogen-bond acceptors (Lipinski definition) is 2. The molecule has 1 saturated carbocycles. The molecule has 0 N–H and O–H groups in total. The zero-order valence-electron chi connectivity index (χ0n) is 12.4. The number of ketones is 1. The number of halogens is 1. The molecule has 0 unspecified atom stereocenters. The number of benzene rings is 1. The summed E-state index contributed by atoms with van der Waals surface area (Å²) in [5.74, 6) is -0.405. The molecule has 1 fully saturated rings. The summed E-state index contributed by atoms with van der Waals surface area (Å²) in [6.45, 7) is 4.28. The van der Waals surface area contributed by atoms with Crippen LogP contribution in [0.3, 0.4) is 0 Å². The van der Waals surface area contributed by atoms with Crippen LogP contribution in [0.2, 0.25) is 0 Å². The summed E-state index contributed by atoms with van der Waals surface area (Å²) in [6, 6.07) is 4.41. The van der Waals surface area contributed by atoms with Crippen molar-refractivity contribution in [3.63, 3.8) is 0 Å². The third kappa shape index (κ3) is 3.09. The summed E-state index contributed by atoms with van der Waals surface area (Å²) in [5.41, 5.74) is 0.546. The zero-order chi connectivity index (χ0) is 14.6. The number of rotatable bonds is 4. The topological polar surface area (TPSA) is 26.3 Å². The van der Waals surface area contributed by atoms with Gasteiger partial charge in [-0.2, -0.15) is 0 Å². The van der Waals surface area contributed by atoms with Crippen LogP contribution in [0.1, 0.15) is 61.4 Å². The fraction of sp³-hybridized carbons (Fsp3) is 0.588. The molecule has 0 heterocycles. The van der Waals surface area contributed by atoms with Crippen LogP contribution in [-0.2, 0) is 4.74 Å². The van der Waals surface area contributed by atoms with E-state index in [1.165, 1.54) is 12.1 Å². The average Bonchev–Trinajstić information content (AvgIpc) is 2.68. The summed E-state index contributed by atoms with van der Waals surface area (Å²) in [5, 5.41) is 0. The van der Waals surface area contributed by atoms with Gasteiger partial charge >= 0.3 is 0 Å². The largest absolute Gasteiger partial charge is 0.367 e. The molecule has 1 aromatic carbocycles. The molecule has 0 bridgehead atoms. The molecule has 0 atom stereocenters. The Morgan fingerprint density at radius 2 is 1.90 bits per heavy atom. The monoisotopic (exact) mass is 278 g/mol. The lowest BCUT2D eigenvalue weighted by atomic mass is 9.84. The second kappa shape index (κ2) is 6.49. The van der Waals surface area contributed by atoms with Crippen LogP contribution in [0, 0.1) is 12.7 Å². The van der Waals surface area contributed by atoms with E-state index >= 15 is 0 Å². The molecule has 0 spiro atoms. The average molecular weight is 278 g/mol.